The van der Waals surface area contributed by atoms with E-state index in [1.54, 1.807) is 0 Å². The fourth-order valence-corrected chi connectivity index (χ4v) is 2.89. The van der Waals surface area contributed by atoms with E-state index in [0.29, 0.717) is 6.42 Å². The van der Waals surface area contributed by atoms with E-state index in [0.717, 1.165) is 51.4 Å². The number of carbonyl (C=O) groups is 1. The van der Waals surface area contributed by atoms with Gasteiger partial charge in [0, 0.05) is 38.4 Å². The second-order valence-electron chi connectivity index (χ2n) is 6.29. The molecule has 1 unspecified atom stereocenters. The summed E-state index contributed by atoms with van der Waals surface area (Å²) in [6, 6.07) is 7.69. The van der Waals surface area contributed by atoms with E-state index in [9.17, 15) is 4.79 Å². The molecule has 5 nitrogen and oxygen atoms in total. The van der Waals surface area contributed by atoms with Gasteiger partial charge in [0.1, 0.15) is 0 Å². The van der Waals surface area contributed by atoms with Crippen LogP contribution in [0.1, 0.15) is 32.3 Å². The molecule has 6 heteroatoms. The van der Waals surface area contributed by atoms with Crippen molar-refractivity contribution < 1.29 is 4.79 Å². The van der Waals surface area contributed by atoms with Crippen LogP contribution in [-0.4, -0.2) is 54.5 Å². The van der Waals surface area contributed by atoms with Crippen molar-refractivity contribution in [2.45, 2.75) is 39.3 Å². The van der Waals surface area contributed by atoms with Crippen LogP contribution in [0.5, 0.6) is 0 Å². The van der Waals surface area contributed by atoms with Crippen LogP contribution in [0.3, 0.4) is 0 Å². The van der Waals surface area contributed by atoms with Crippen molar-refractivity contribution in [1.82, 2.24) is 9.80 Å². The molecule has 1 amide bonds. The van der Waals surface area contributed by atoms with Gasteiger partial charge in [0.2, 0.25) is 5.91 Å². The molecule has 1 heterocycles. The normalized spacial score (nSPS) is 17.1. The smallest absolute Gasteiger partial charge is 0.241 e. The molecule has 24 heavy (non-hydrogen) atoms. The third kappa shape index (κ3) is 6.40. The number of rotatable bonds is 7. The van der Waals surface area contributed by atoms with Crippen molar-refractivity contribution in [3.05, 3.63) is 29.8 Å². The Balaban J connectivity index is 0.00000288. The van der Waals surface area contributed by atoms with Gasteiger partial charge in [-0.15, -0.1) is 12.4 Å². The van der Waals surface area contributed by atoms with Gasteiger partial charge in [-0.25, -0.2) is 0 Å². The third-order valence-corrected chi connectivity index (χ3v) is 4.48. The summed E-state index contributed by atoms with van der Waals surface area (Å²) < 4.78 is 0. The summed E-state index contributed by atoms with van der Waals surface area (Å²) in [5.41, 5.74) is 7.93. The highest BCUT2D eigenvalue weighted by molar-refractivity contribution is 5.94. The summed E-state index contributed by atoms with van der Waals surface area (Å²) in [4.78, 5) is 16.9. The monoisotopic (exact) mass is 354 g/mol. The van der Waals surface area contributed by atoms with Crippen LogP contribution in [0.25, 0.3) is 0 Å². The highest BCUT2D eigenvalue weighted by Gasteiger charge is 2.16. The van der Waals surface area contributed by atoms with Crippen molar-refractivity contribution in [2.24, 2.45) is 5.73 Å². The zero-order valence-electron chi connectivity index (χ0n) is 14.8. The van der Waals surface area contributed by atoms with E-state index in [-0.39, 0.29) is 18.3 Å². The topological polar surface area (TPSA) is 61.6 Å². The van der Waals surface area contributed by atoms with Gasteiger partial charge in [-0.2, -0.15) is 0 Å². The highest BCUT2D eigenvalue weighted by atomic mass is 35.5. The summed E-state index contributed by atoms with van der Waals surface area (Å²) in [5, 5.41) is 2.89. The lowest BCUT2D eigenvalue weighted by Crippen LogP contribution is -2.45. The molecular weight excluding hydrogens is 324 g/mol. The number of halogens is 1. The largest absolute Gasteiger partial charge is 0.325 e. The molecule has 1 fully saturated rings. The molecule has 1 aliphatic rings. The first-order chi connectivity index (χ1) is 11.1. The van der Waals surface area contributed by atoms with Gasteiger partial charge in [0.15, 0.2) is 0 Å². The zero-order valence-corrected chi connectivity index (χ0v) is 15.6. The van der Waals surface area contributed by atoms with Crippen LogP contribution in [0.4, 0.5) is 5.69 Å². The molecule has 0 spiro atoms. The Kier molecular flexibility index (Phi) is 9.29. The number of anilines is 1. The van der Waals surface area contributed by atoms with Crippen molar-refractivity contribution in [2.75, 3.05) is 38.0 Å². The number of carbonyl (C=O) groups excluding carboxylic acids is 1. The number of nitrogens with zero attached hydrogens (tertiary/aromatic N) is 2. The molecule has 1 saturated heterocycles. The lowest BCUT2D eigenvalue weighted by atomic mass is 10.1. The first-order valence-electron chi connectivity index (χ1n) is 8.72. The van der Waals surface area contributed by atoms with E-state index in [4.69, 9.17) is 5.73 Å². The average Bonchev–Trinajstić information content (AvgIpc) is 2.57. The predicted octanol–water partition coefficient (Wildman–Crippen LogP) is 2.31. The molecule has 136 valence electrons. The Morgan fingerprint density at radius 3 is 2.25 bits per heavy atom. The lowest BCUT2D eigenvalue weighted by Gasteiger charge is -2.34. The van der Waals surface area contributed by atoms with Gasteiger partial charge < -0.3 is 16.0 Å². The summed E-state index contributed by atoms with van der Waals surface area (Å²) >= 11 is 0. The minimum Gasteiger partial charge on any atom is -0.325 e. The molecule has 0 saturated carbocycles. The zero-order chi connectivity index (χ0) is 16.7. The highest BCUT2D eigenvalue weighted by Crippen LogP contribution is 2.13. The molecule has 2 rings (SSSR count). The molecule has 1 aromatic carbocycles. The Labute approximate surface area is 152 Å². The molecule has 0 aromatic heterocycles. The van der Waals surface area contributed by atoms with Crippen LogP contribution in [0.15, 0.2) is 24.3 Å². The molecule has 0 radical (unpaired) electrons. The average molecular weight is 355 g/mol. The van der Waals surface area contributed by atoms with Gasteiger partial charge in [-0.3, -0.25) is 9.69 Å². The van der Waals surface area contributed by atoms with E-state index in [1.807, 2.05) is 19.1 Å². The summed E-state index contributed by atoms with van der Waals surface area (Å²) in [6.45, 7) is 10.9. The lowest BCUT2D eigenvalue weighted by molar-refractivity contribution is -0.117. The number of nitrogens with one attached hydrogen (secondary N) is 1. The molecule has 1 aromatic rings. The van der Waals surface area contributed by atoms with Gasteiger partial charge in [-0.05, 0) is 30.7 Å². The van der Waals surface area contributed by atoms with Gasteiger partial charge >= 0.3 is 0 Å². The number of hydrogen-bond donors (Lipinski definition) is 2. The maximum Gasteiger partial charge on any atom is 0.241 e. The number of nitrogens with two attached hydrogens (primary N) is 1. The number of hydrogen-bond acceptors (Lipinski definition) is 4. The van der Waals surface area contributed by atoms with Crippen molar-refractivity contribution in [3.8, 4) is 0 Å². The van der Waals surface area contributed by atoms with Crippen LogP contribution in [-0.2, 0) is 11.3 Å². The molecular formula is C18H31ClN4O. The Bertz CT molecular complexity index is 486. The maximum absolute atomic E-state index is 11.9. The Morgan fingerprint density at radius 2 is 1.71 bits per heavy atom. The van der Waals surface area contributed by atoms with Gasteiger partial charge in [0.05, 0.1) is 6.04 Å². The van der Waals surface area contributed by atoms with E-state index < -0.39 is 6.04 Å². The second kappa shape index (κ2) is 10.7. The minimum atomic E-state index is -0.422. The number of amides is 1. The fraction of sp³-hybridized carbons (Fsp3) is 0.611. The van der Waals surface area contributed by atoms with Crippen molar-refractivity contribution >= 4 is 24.0 Å². The first-order valence-corrected chi connectivity index (χ1v) is 8.72. The van der Waals surface area contributed by atoms with E-state index >= 15 is 0 Å². The van der Waals surface area contributed by atoms with Crippen molar-refractivity contribution in [3.63, 3.8) is 0 Å². The van der Waals surface area contributed by atoms with Gasteiger partial charge in [0.25, 0.3) is 0 Å². The first kappa shape index (κ1) is 20.9. The molecule has 3 N–H and O–H groups in total. The number of benzene rings is 1. The molecule has 1 aliphatic heterocycles. The van der Waals surface area contributed by atoms with E-state index in [1.165, 1.54) is 5.56 Å². The predicted molar refractivity (Wildman–Crippen MR) is 103 cm³/mol. The van der Waals surface area contributed by atoms with Crippen LogP contribution in [0, 0.1) is 0 Å². The molecule has 0 aliphatic carbocycles. The Morgan fingerprint density at radius 1 is 1.12 bits per heavy atom. The fourth-order valence-electron chi connectivity index (χ4n) is 2.89. The van der Waals surface area contributed by atoms with Crippen LogP contribution in [0.2, 0.25) is 0 Å². The SMILES string of the molecule is CCCC(N)C(=O)Nc1ccc(CN2CCN(CC)CC2)cc1.Cl. The van der Waals surface area contributed by atoms with E-state index in [2.05, 4.69) is 34.2 Å². The molecule has 1 atom stereocenters. The van der Waals surface area contributed by atoms with Gasteiger partial charge in [-0.1, -0.05) is 32.4 Å². The summed E-state index contributed by atoms with van der Waals surface area (Å²) in [7, 11) is 0. The standard InChI is InChI=1S/C18H30N4O.ClH/c1-3-5-17(19)18(23)20-16-8-6-15(7-9-16)14-22-12-10-21(4-2)11-13-22;/h6-9,17H,3-5,10-14,19H2,1-2H3,(H,20,23);1H. The van der Waals surface area contributed by atoms with Crippen LogP contribution >= 0.6 is 12.4 Å². The second-order valence-corrected chi connectivity index (χ2v) is 6.29. The Hall–Kier alpha value is -1.14. The molecule has 0 bridgehead atoms. The summed E-state index contributed by atoms with van der Waals surface area (Å²) in [5.74, 6) is -0.102. The third-order valence-electron chi connectivity index (χ3n) is 4.48. The van der Waals surface area contributed by atoms with Crippen LogP contribution < -0.4 is 11.1 Å². The number of piperazine rings is 1. The van der Waals surface area contributed by atoms with Crippen molar-refractivity contribution in [1.29, 1.82) is 0 Å². The number of likely N-dealkylation sites (N-methyl/N-ethyl adjacent to an activating group) is 1. The summed E-state index contributed by atoms with van der Waals surface area (Å²) in [6.07, 6.45) is 1.63. The maximum atomic E-state index is 11.9. The quantitative estimate of drug-likeness (QED) is 0.788. The minimum absolute atomic E-state index is 0.